The molecule has 0 aromatic carbocycles. The maximum Gasteiger partial charge on any atom is 0.260 e. The van der Waals surface area contributed by atoms with Crippen molar-refractivity contribution < 1.29 is 18.3 Å². The smallest absolute Gasteiger partial charge is 0.260 e. The molecule has 142 valence electrons. The zero-order valence-electron chi connectivity index (χ0n) is 14.6. The van der Waals surface area contributed by atoms with Gasteiger partial charge in [0.25, 0.3) is 5.91 Å². The molecule has 0 unspecified atom stereocenters. The fourth-order valence-corrected chi connectivity index (χ4v) is 2.23. The van der Waals surface area contributed by atoms with Crippen LogP contribution in [0, 0.1) is 18.7 Å². The maximum absolute atomic E-state index is 13.3. The lowest BCUT2D eigenvalue weighted by molar-refractivity contribution is 0.102. The Kier molecular flexibility index (Phi) is 5.49. The highest BCUT2D eigenvalue weighted by Gasteiger charge is 2.16. The van der Waals surface area contributed by atoms with Crippen LogP contribution in [0.5, 0.6) is 11.5 Å². The Balaban J connectivity index is 1.90. The van der Waals surface area contributed by atoms with E-state index in [1.165, 1.54) is 12.3 Å². The number of aromatic nitrogens is 3. The summed E-state index contributed by atoms with van der Waals surface area (Å²) in [6.07, 6.45) is 3.25. The second-order valence-corrected chi connectivity index (χ2v) is 5.48. The molecule has 0 aliphatic carbocycles. The van der Waals surface area contributed by atoms with Gasteiger partial charge in [0.15, 0.2) is 11.6 Å². The number of hydrogen-bond donors (Lipinski definition) is 2. The first-order valence-electron chi connectivity index (χ1n) is 7.94. The summed E-state index contributed by atoms with van der Waals surface area (Å²) in [6.45, 7) is 1.78. The van der Waals surface area contributed by atoms with Gasteiger partial charge in [-0.2, -0.15) is 4.39 Å². The minimum atomic E-state index is -1.25. The SMILES string of the molecule is Cc1cccc(NC(=O)c2cc(Oc3cnc(F)c(F)c3)cnc2/N=C\N)n1. The number of nitrogens with zero attached hydrogens (tertiary/aromatic N) is 4. The molecule has 1 amide bonds. The van der Waals surface area contributed by atoms with Crippen LogP contribution in [-0.2, 0) is 0 Å². The summed E-state index contributed by atoms with van der Waals surface area (Å²) in [5.74, 6) is -2.57. The third-order valence-corrected chi connectivity index (χ3v) is 3.42. The molecule has 0 saturated heterocycles. The molecule has 3 rings (SSSR count). The van der Waals surface area contributed by atoms with Crippen LogP contribution in [-0.4, -0.2) is 27.2 Å². The number of nitrogens with two attached hydrogens (primary N) is 1. The number of rotatable bonds is 5. The summed E-state index contributed by atoms with van der Waals surface area (Å²) < 4.78 is 31.6. The Morgan fingerprint density at radius 2 is 1.96 bits per heavy atom. The first-order chi connectivity index (χ1) is 13.5. The number of halogens is 2. The summed E-state index contributed by atoms with van der Waals surface area (Å²) in [6, 6.07) is 7.31. The number of anilines is 1. The van der Waals surface area contributed by atoms with Gasteiger partial charge in [-0.1, -0.05) is 6.07 Å². The molecule has 0 radical (unpaired) electrons. The van der Waals surface area contributed by atoms with Crippen molar-refractivity contribution >= 4 is 23.9 Å². The number of ether oxygens (including phenoxy) is 1. The van der Waals surface area contributed by atoms with Gasteiger partial charge in [-0.05, 0) is 25.1 Å². The van der Waals surface area contributed by atoms with Crippen LogP contribution < -0.4 is 15.8 Å². The molecule has 3 aromatic rings. The van der Waals surface area contributed by atoms with Crippen molar-refractivity contribution in [1.29, 1.82) is 0 Å². The largest absolute Gasteiger partial charge is 0.454 e. The van der Waals surface area contributed by atoms with E-state index in [0.717, 1.165) is 24.3 Å². The van der Waals surface area contributed by atoms with E-state index in [4.69, 9.17) is 10.5 Å². The van der Waals surface area contributed by atoms with Gasteiger partial charge in [0.05, 0.1) is 24.3 Å². The van der Waals surface area contributed by atoms with E-state index in [0.29, 0.717) is 5.82 Å². The van der Waals surface area contributed by atoms with Crippen molar-refractivity contribution in [3.63, 3.8) is 0 Å². The standard InChI is InChI=1S/C18H14F2N6O2/c1-10-3-2-4-15(25-10)26-18(27)13-5-11(8-23-17(13)24-9-21)28-12-6-14(19)16(20)22-7-12/h2-9H,1H3,(H2,21,23,24)(H,25,26,27). The van der Waals surface area contributed by atoms with Gasteiger partial charge >= 0.3 is 0 Å². The summed E-state index contributed by atoms with van der Waals surface area (Å²) in [4.78, 5) is 27.9. The summed E-state index contributed by atoms with van der Waals surface area (Å²) >= 11 is 0. The number of aryl methyl sites for hydroxylation is 1. The van der Waals surface area contributed by atoms with E-state index >= 15 is 0 Å². The number of nitrogens with one attached hydrogen (secondary N) is 1. The Morgan fingerprint density at radius 1 is 1.21 bits per heavy atom. The quantitative estimate of drug-likeness (QED) is 0.397. The molecule has 0 spiro atoms. The predicted molar refractivity (Wildman–Crippen MR) is 97.7 cm³/mol. The van der Waals surface area contributed by atoms with Crippen LogP contribution >= 0.6 is 0 Å². The molecule has 10 heteroatoms. The number of hydrogen-bond acceptors (Lipinski definition) is 6. The van der Waals surface area contributed by atoms with Gasteiger partial charge < -0.3 is 15.8 Å². The van der Waals surface area contributed by atoms with Gasteiger partial charge in [0.2, 0.25) is 5.95 Å². The zero-order chi connectivity index (χ0) is 20.1. The van der Waals surface area contributed by atoms with E-state index < -0.39 is 17.7 Å². The highest BCUT2D eigenvalue weighted by molar-refractivity contribution is 6.07. The van der Waals surface area contributed by atoms with Crippen LogP contribution in [0.4, 0.5) is 20.4 Å². The molecule has 0 fully saturated rings. The fourth-order valence-electron chi connectivity index (χ4n) is 2.23. The van der Waals surface area contributed by atoms with Gasteiger partial charge in [-0.15, -0.1) is 0 Å². The first-order valence-corrected chi connectivity index (χ1v) is 7.94. The number of carbonyl (C=O) groups excluding carboxylic acids is 1. The summed E-state index contributed by atoms with van der Waals surface area (Å²) in [5.41, 5.74) is 6.06. The van der Waals surface area contributed by atoms with Crippen LogP contribution in [0.2, 0.25) is 0 Å². The Hall–Kier alpha value is -3.95. The average molecular weight is 384 g/mol. The second-order valence-electron chi connectivity index (χ2n) is 5.48. The van der Waals surface area contributed by atoms with Gasteiger partial charge in [0.1, 0.15) is 17.3 Å². The van der Waals surface area contributed by atoms with E-state index in [2.05, 4.69) is 25.3 Å². The van der Waals surface area contributed by atoms with Gasteiger partial charge in [-0.3, -0.25) is 4.79 Å². The van der Waals surface area contributed by atoms with E-state index in [-0.39, 0.29) is 22.9 Å². The molecule has 3 aromatic heterocycles. The lowest BCUT2D eigenvalue weighted by atomic mass is 10.2. The number of pyridine rings is 3. The lowest BCUT2D eigenvalue weighted by Gasteiger charge is -2.10. The molecule has 0 aliphatic rings. The van der Waals surface area contributed by atoms with Crippen molar-refractivity contribution in [2.45, 2.75) is 6.92 Å². The van der Waals surface area contributed by atoms with E-state index in [1.54, 1.807) is 25.1 Å². The second kappa shape index (κ2) is 8.16. The summed E-state index contributed by atoms with van der Waals surface area (Å²) in [7, 11) is 0. The number of amides is 1. The Labute approximate surface area is 158 Å². The Morgan fingerprint density at radius 3 is 2.68 bits per heavy atom. The highest BCUT2D eigenvalue weighted by Crippen LogP contribution is 2.26. The fraction of sp³-hybridized carbons (Fsp3) is 0.0556. The monoisotopic (exact) mass is 384 g/mol. The van der Waals surface area contributed by atoms with Crippen molar-refractivity contribution in [1.82, 2.24) is 15.0 Å². The van der Waals surface area contributed by atoms with Crippen LogP contribution in [0.3, 0.4) is 0 Å². The minimum Gasteiger partial charge on any atom is -0.454 e. The molecule has 0 saturated carbocycles. The average Bonchev–Trinajstić information content (AvgIpc) is 2.66. The number of aliphatic imine (C=N–C) groups is 1. The third-order valence-electron chi connectivity index (χ3n) is 3.42. The normalized spacial score (nSPS) is 10.8. The molecule has 0 bridgehead atoms. The van der Waals surface area contributed by atoms with E-state index in [1.807, 2.05) is 0 Å². The van der Waals surface area contributed by atoms with Crippen molar-refractivity contribution in [2.24, 2.45) is 10.7 Å². The maximum atomic E-state index is 13.3. The van der Waals surface area contributed by atoms with Crippen LogP contribution in [0.25, 0.3) is 0 Å². The van der Waals surface area contributed by atoms with Gasteiger partial charge in [-0.25, -0.2) is 24.3 Å². The molecular formula is C18H14F2N6O2. The molecule has 8 nitrogen and oxygen atoms in total. The molecule has 28 heavy (non-hydrogen) atoms. The molecule has 0 atom stereocenters. The summed E-state index contributed by atoms with van der Waals surface area (Å²) in [5, 5.41) is 2.62. The minimum absolute atomic E-state index is 0.0399. The molecule has 0 aliphatic heterocycles. The zero-order valence-corrected chi connectivity index (χ0v) is 14.6. The highest BCUT2D eigenvalue weighted by atomic mass is 19.2. The van der Waals surface area contributed by atoms with Crippen LogP contribution in [0.1, 0.15) is 16.1 Å². The topological polar surface area (TPSA) is 115 Å². The van der Waals surface area contributed by atoms with Crippen molar-refractivity contribution in [2.75, 3.05) is 5.32 Å². The molecule has 3 N–H and O–H groups in total. The lowest BCUT2D eigenvalue weighted by Crippen LogP contribution is -2.14. The molecule has 3 heterocycles. The van der Waals surface area contributed by atoms with Crippen LogP contribution in [0.15, 0.2) is 47.7 Å². The molecular weight excluding hydrogens is 370 g/mol. The van der Waals surface area contributed by atoms with Crippen molar-refractivity contribution in [3.8, 4) is 11.5 Å². The third kappa shape index (κ3) is 4.41. The first kappa shape index (κ1) is 18.8. The van der Waals surface area contributed by atoms with E-state index in [9.17, 15) is 13.6 Å². The predicted octanol–water partition coefficient (Wildman–Crippen LogP) is 3.12. The van der Waals surface area contributed by atoms with Crippen molar-refractivity contribution in [3.05, 3.63) is 65.7 Å². The Bertz CT molecular complexity index is 1060. The van der Waals surface area contributed by atoms with Gasteiger partial charge in [0, 0.05) is 11.8 Å². The number of carbonyl (C=O) groups is 1.